The summed E-state index contributed by atoms with van der Waals surface area (Å²) >= 11 is 0. The van der Waals surface area contributed by atoms with Gasteiger partial charge in [-0.1, -0.05) is 19.9 Å². The summed E-state index contributed by atoms with van der Waals surface area (Å²) in [5.41, 5.74) is 3.47. The van der Waals surface area contributed by atoms with Gasteiger partial charge in [0.2, 0.25) is 0 Å². The van der Waals surface area contributed by atoms with Gasteiger partial charge in [0.1, 0.15) is 17.4 Å². The zero-order valence-corrected chi connectivity index (χ0v) is 20.2. The van der Waals surface area contributed by atoms with Gasteiger partial charge in [0.25, 0.3) is 15.9 Å². The van der Waals surface area contributed by atoms with Gasteiger partial charge >= 0.3 is 0 Å². The SMILES string of the molecule is Cc1cc(NS(=O)(=O)c2ccc(NC(=O)COc3ccc(C(C)C)c(C)c3)cc2)nc(C)n1. The van der Waals surface area contributed by atoms with Gasteiger partial charge in [-0.3, -0.25) is 9.52 Å². The summed E-state index contributed by atoms with van der Waals surface area (Å²) in [6.07, 6.45) is 0. The summed E-state index contributed by atoms with van der Waals surface area (Å²) in [4.78, 5) is 20.5. The van der Waals surface area contributed by atoms with Crippen LogP contribution in [0.25, 0.3) is 0 Å². The highest BCUT2D eigenvalue weighted by molar-refractivity contribution is 7.92. The molecule has 1 heterocycles. The van der Waals surface area contributed by atoms with Gasteiger partial charge in [-0.2, -0.15) is 0 Å². The molecule has 0 aliphatic rings. The molecule has 3 rings (SSSR count). The van der Waals surface area contributed by atoms with Gasteiger partial charge in [-0.25, -0.2) is 18.4 Å². The lowest BCUT2D eigenvalue weighted by atomic mass is 9.98. The molecule has 0 atom stereocenters. The summed E-state index contributed by atoms with van der Waals surface area (Å²) in [5, 5.41) is 2.70. The van der Waals surface area contributed by atoms with Crippen molar-refractivity contribution in [3.63, 3.8) is 0 Å². The van der Waals surface area contributed by atoms with Gasteiger partial charge in [0.15, 0.2) is 6.61 Å². The van der Waals surface area contributed by atoms with Crippen molar-refractivity contribution in [1.29, 1.82) is 0 Å². The lowest BCUT2D eigenvalue weighted by Crippen LogP contribution is -2.20. The van der Waals surface area contributed by atoms with Crippen LogP contribution < -0.4 is 14.8 Å². The number of nitrogens with one attached hydrogen (secondary N) is 2. The first-order chi connectivity index (χ1) is 15.5. The fourth-order valence-electron chi connectivity index (χ4n) is 3.41. The zero-order valence-electron chi connectivity index (χ0n) is 19.3. The topological polar surface area (TPSA) is 110 Å². The fourth-order valence-corrected chi connectivity index (χ4v) is 4.41. The van der Waals surface area contributed by atoms with Crippen LogP contribution in [-0.2, 0) is 14.8 Å². The molecule has 3 aromatic rings. The van der Waals surface area contributed by atoms with Gasteiger partial charge in [-0.05, 0) is 74.2 Å². The maximum absolute atomic E-state index is 12.6. The third kappa shape index (κ3) is 6.52. The smallest absolute Gasteiger partial charge is 0.263 e. The summed E-state index contributed by atoms with van der Waals surface area (Å²) in [5.74, 6) is 1.36. The lowest BCUT2D eigenvalue weighted by molar-refractivity contribution is -0.118. The molecule has 33 heavy (non-hydrogen) atoms. The number of hydrogen-bond acceptors (Lipinski definition) is 6. The fraction of sp³-hybridized carbons (Fsp3) is 0.292. The molecule has 2 N–H and O–H groups in total. The molecule has 0 bridgehead atoms. The Kier molecular flexibility index (Phi) is 7.33. The largest absolute Gasteiger partial charge is 0.484 e. The second-order valence-electron chi connectivity index (χ2n) is 8.08. The molecule has 174 valence electrons. The predicted octanol–water partition coefficient (Wildman–Crippen LogP) is 4.34. The van der Waals surface area contributed by atoms with E-state index in [2.05, 4.69) is 33.9 Å². The van der Waals surface area contributed by atoms with Gasteiger partial charge in [0.05, 0.1) is 4.90 Å². The predicted molar refractivity (Wildman–Crippen MR) is 128 cm³/mol. The third-order valence-corrected chi connectivity index (χ3v) is 6.26. The van der Waals surface area contributed by atoms with Gasteiger partial charge in [-0.15, -0.1) is 0 Å². The minimum absolute atomic E-state index is 0.0476. The van der Waals surface area contributed by atoms with Crippen LogP contribution in [0.5, 0.6) is 5.75 Å². The van der Waals surface area contributed by atoms with Gasteiger partial charge in [0, 0.05) is 17.4 Å². The molecular weight excluding hydrogens is 440 g/mol. The van der Waals surface area contributed by atoms with Crippen molar-refractivity contribution in [3.8, 4) is 5.75 Å². The number of aromatic nitrogens is 2. The summed E-state index contributed by atoms with van der Waals surface area (Å²) in [6.45, 7) is 9.55. The van der Waals surface area contributed by atoms with Crippen molar-refractivity contribution >= 4 is 27.4 Å². The second kappa shape index (κ2) is 9.99. The molecule has 1 aromatic heterocycles. The van der Waals surface area contributed by atoms with Crippen LogP contribution in [-0.4, -0.2) is 30.9 Å². The lowest BCUT2D eigenvalue weighted by Gasteiger charge is -2.13. The Labute approximate surface area is 194 Å². The number of rotatable bonds is 8. The average Bonchev–Trinajstić information content (AvgIpc) is 2.71. The van der Waals surface area contributed by atoms with Crippen LogP contribution in [0.4, 0.5) is 11.5 Å². The maximum Gasteiger partial charge on any atom is 0.263 e. The van der Waals surface area contributed by atoms with Crippen molar-refractivity contribution < 1.29 is 17.9 Å². The molecule has 0 aliphatic carbocycles. The number of nitrogens with zero attached hydrogens (tertiary/aromatic N) is 2. The van der Waals surface area contributed by atoms with Crippen LogP contribution in [0.3, 0.4) is 0 Å². The molecule has 1 amide bonds. The first-order valence-corrected chi connectivity index (χ1v) is 12.0. The normalized spacial score (nSPS) is 11.3. The maximum atomic E-state index is 12.6. The highest BCUT2D eigenvalue weighted by atomic mass is 32.2. The average molecular weight is 469 g/mol. The van der Waals surface area contributed by atoms with E-state index in [1.54, 1.807) is 19.9 Å². The first kappa shape index (κ1) is 24.2. The minimum Gasteiger partial charge on any atom is -0.484 e. The highest BCUT2D eigenvalue weighted by Gasteiger charge is 2.16. The van der Waals surface area contributed by atoms with Crippen molar-refractivity contribution in [2.75, 3.05) is 16.6 Å². The van der Waals surface area contributed by atoms with E-state index < -0.39 is 10.0 Å². The molecule has 8 nitrogen and oxygen atoms in total. The molecule has 2 aromatic carbocycles. The van der Waals surface area contributed by atoms with Crippen molar-refractivity contribution in [2.24, 2.45) is 0 Å². The summed E-state index contributed by atoms with van der Waals surface area (Å²) in [7, 11) is -3.83. The van der Waals surface area contributed by atoms with E-state index in [-0.39, 0.29) is 23.2 Å². The zero-order chi connectivity index (χ0) is 24.2. The summed E-state index contributed by atoms with van der Waals surface area (Å²) in [6, 6.07) is 13.2. The van der Waals surface area contributed by atoms with Crippen LogP contribution in [0.15, 0.2) is 53.4 Å². The van der Waals surface area contributed by atoms with Crippen LogP contribution in [0, 0.1) is 20.8 Å². The van der Waals surface area contributed by atoms with Crippen molar-refractivity contribution in [3.05, 3.63) is 71.2 Å². The molecule has 9 heteroatoms. The first-order valence-electron chi connectivity index (χ1n) is 10.5. The molecule has 0 radical (unpaired) electrons. The molecule has 0 unspecified atom stereocenters. The van der Waals surface area contributed by atoms with E-state index in [0.29, 0.717) is 28.9 Å². The number of benzene rings is 2. The monoisotopic (exact) mass is 468 g/mol. The van der Waals surface area contributed by atoms with E-state index >= 15 is 0 Å². The van der Waals surface area contributed by atoms with Gasteiger partial charge < -0.3 is 10.1 Å². The van der Waals surface area contributed by atoms with E-state index in [1.165, 1.54) is 29.8 Å². The Bertz CT molecular complexity index is 1240. The molecule has 0 spiro atoms. The minimum atomic E-state index is -3.83. The van der Waals surface area contributed by atoms with Crippen LogP contribution in [0.2, 0.25) is 0 Å². The number of carbonyl (C=O) groups excluding carboxylic acids is 1. The molecule has 0 saturated carbocycles. The molecule has 0 saturated heterocycles. The number of amides is 1. The molecule has 0 fully saturated rings. The standard InChI is InChI=1S/C24H28N4O4S/c1-15(2)22-11-8-20(12-16(22)3)32-14-24(29)27-19-6-9-21(10-7-19)33(30,31)28-23-13-17(4)25-18(5)26-23/h6-13,15H,14H2,1-5H3,(H,27,29)(H,25,26,28). The number of sulfonamides is 1. The number of carbonyl (C=O) groups is 1. The number of ether oxygens (including phenoxy) is 1. The van der Waals surface area contributed by atoms with Crippen LogP contribution >= 0.6 is 0 Å². The molecular formula is C24H28N4O4S. The number of aryl methyl sites for hydroxylation is 3. The Morgan fingerprint density at radius 2 is 1.70 bits per heavy atom. The Balaban J connectivity index is 1.59. The quantitative estimate of drug-likeness (QED) is 0.509. The van der Waals surface area contributed by atoms with E-state index in [4.69, 9.17) is 4.74 Å². The summed E-state index contributed by atoms with van der Waals surface area (Å²) < 4.78 is 33.3. The van der Waals surface area contributed by atoms with Crippen molar-refractivity contribution in [2.45, 2.75) is 45.4 Å². The third-order valence-electron chi connectivity index (χ3n) is 4.89. The van der Waals surface area contributed by atoms with E-state index in [9.17, 15) is 13.2 Å². The second-order valence-corrected chi connectivity index (χ2v) is 9.76. The Morgan fingerprint density at radius 3 is 2.30 bits per heavy atom. The number of hydrogen-bond donors (Lipinski definition) is 2. The van der Waals surface area contributed by atoms with Crippen molar-refractivity contribution in [1.82, 2.24) is 9.97 Å². The highest BCUT2D eigenvalue weighted by Crippen LogP contribution is 2.23. The van der Waals surface area contributed by atoms with Crippen LogP contribution in [0.1, 0.15) is 42.4 Å². The van der Waals surface area contributed by atoms with E-state index in [1.807, 2.05) is 25.1 Å². The number of anilines is 2. The Hall–Kier alpha value is -3.46. The molecule has 0 aliphatic heterocycles. The van der Waals surface area contributed by atoms with E-state index in [0.717, 1.165) is 5.56 Å². The Morgan fingerprint density at radius 1 is 1.00 bits per heavy atom.